The van der Waals surface area contributed by atoms with Crippen molar-refractivity contribution in [1.82, 2.24) is 4.90 Å². The molecule has 1 aliphatic heterocycles. The van der Waals surface area contributed by atoms with E-state index in [2.05, 4.69) is 0 Å². The van der Waals surface area contributed by atoms with Crippen molar-refractivity contribution >= 4 is 5.69 Å². The summed E-state index contributed by atoms with van der Waals surface area (Å²) in [5, 5.41) is 0. The molecule has 0 bridgehead atoms. The van der Waals surface area contributed by atoms with Gasteiger partial charge in [-0.2, -0.15) is 4.39 Å². The lowest BCUT2D eigenvalue weighted by Gasteiger charge is -2.23. The highest BCUT2D eigenvalue weighted by Gasteiger charge is 2.21. The first kappa shape index (κ1) is 17.5. The Bertz CT molecular complexity index is 573. The van der Waals surface area contributed by atoms with Crippen LogP contribution in [-0.2, 0) is 4.74 Å². The van der Waals surface area contributed by atoms with Crippen LogP contribution in [-0.4, -0.2) is 44.0 Å². The molecule has 1 aromatic rings. The fourth-order valence-corrected chi connectivity index (χ4v) is 2.18. The SMILES string of the molecule is COc1ccc(N2C=CN(CCOCC(C)(C)N)C2)c(F)c1F. The summed E-state index contributed by atoms with van der Waals surface area (Å²) in [5.74, 6) is -2.01. The molecular weight excluding hydrogens is 304 g/mol. The number of nitrogens with zero attached hydrogens (tertiary/aromatic N) is 2. The average Bonchev–Trinajstić information content (AvgIpc) is 2.94. The Morgan fingerprint density at radius 1 is 1.22 bits per heavy atom. The first-order valence-corrected chi connectivity index (χ1v) is 7.39. The molecule has 1 aromatic carbocycles. The van der Waals surface area contributed by atoms with E-state index >= 15 is 0 Å². The lowest BCUT2D eigenvalue weighted by molar-refractivity contribution is 0.0861. The Morgan fingerprint density at radius 3 is 2.61 bits per heavy atom. The number of methoxy groups -OCH3 is 1. The third-order valence-electron chi connectivity index (χ3n) is 3.34. The van der Waals surface area contributed by atoms with E-state index in [0.717, 1.165) is 0 Å². The maximum Gasteiger partial charge on any atom is 0.202 e. The van der Waals surface area contributed by atoms with Crippen LogP contribution in [0.1, 0.15) is 13.8 Å². The minimum Gasteiger partial charge on any atom is -0.494 e. The standard InChI is InChI=1S/C16H23F2N3O2/c1-16(2,19)10-23-9-8-20-6-7-21(11-20)12-4-5-13(22-3)15(18)14(12)17/h4-7H,8-11,19H2,1-3H3. The highest BCUT2D eigenvalue weighted by molar-refractivity contribution is 5.54. The van der Waals surface area contributed by atoms with Gasteiger partial charge in [0.05, 0.1) is 32.7 Å². The molecule has 0 saturated carbocycles. The number of halogens is 2. The van der Waals surface area contributed by atoms with Crippen LogP contribution in [0.5, 0.6) is 5.75 Å². The van der Waals surface area contributed by atoms with Crippen LogP contribution in [0.25, 0.3) is 0 Å². The minimum absolute atomic E-state index is 0.107. The molecule has 0 unspecified atom stereocenters. The topological polar surface area (TPSA) is 51.0 Å². The molecule has 0 atom stereocenters. The van der Waals surface area contributed by atoms with Crippen LogP contribution >= 0.6 is 0 Å². The Kier molecular flexibility index (Phi) is 5.43. The Morgan fingerprint density at radius 2 is 1.96 bits per heavy atom. The summed E-state index contributed by atoms with van der Waals surface area (Å²) in [4.78, 5) is 3.58. The van der Waals surface area contributed by atoms with Crippen molar-refractivity contribution in [2.45, 2.75) is 19.4 Å². The summed E-state index contributed by atoms with van der Waals surface area (Å²) in [6.07, 6.45) is 3.52. The van der Waals surface area contributed by atoms with Gasteiger partial charge >= 0.3 is 0 Å². The lowest BCUT2D eigenvalue weighted by atomic mass is 10.1. The normalized spacial score (nSPS) is 14.7. The number of hydrogen-bond acceptors (Lipinski definition) is 5. The molecule has 2 N–H and O–H groups in total. The van der Waals surface area contributed by atoms with Crippen LogP contribution < -0.4 is 15.4 Å². The maximum absolute atomic E-state index is 14.1. The second kappa shape index (κ2) is 7.14. The number of nitrogens with two attached hydrogens (primary N) is 1. The van der Waals surface area contributed by atoms with E-state index in [-0.39, 0.29) is 17.0 Å². The van der Waals surface area contributed by atoms with Crippen molar-refractivity contribution in [1.29, 1.82) is 0 Å². The van der Waals surface area contributed by atoms with E-state index in [1.54, 1.807) is 11.1 Å². The number of anilines is 1. The van der Waals surface area contributed by atoms with Gasteiger partial charge in [-0.3, -0.25) is 0 Å². The molecule has 23 heavy (non-hydrogen) atoms. The smallest absolute Gasteiger partial charge is 0.202 e. The zero-order valence-corrected chi connectivity index (χ0v) is 13.7. The average molecular weight is 327 g/mol. The predicted molar refractivity (Wildman–Crippen MR) is 85.2 cm³/mol. The van der Waals surface area contributed by atoms with Crippen molar-refractivity contribution < 1.29 is 18.3 Å². The van der Waals surface area contributed by atoms with Gasteiger partial charge in [-0.25, -0.2) is 4.39 Å². The third kappa shape index (κ3) is 4.56. The van der Waals surface area contributed by atoms with Crippen molar-refractivity contribution in [3.05, 3.63) is 36.2 Å². The molecular formula is C16H23F2N3O2. The van der Waals surface area contributed by atoms with E-state index in [4.69, 9.17) is 15.2 Å². The lowest BCUT2D eigenvalue weighted by Crippen LogP contribution is -2.38. The summed E-state index contributed by atoms with van der Waals surface area (Å²) in [6.45, 7) is 5.84. The van der Waals surface area contributed by atoms with Gasteiger partial charge in [-0.05, 0) is 26.0 Å². The maximum atomic E-state index is 14.1. The molecule has 7 heteroatoms. The highest BCUT2D eigenvalue weighted by atomic mass is 19.2. The highest BCUT2D eigenvalue weighted by Crippen LogP contribution is 2.29. The molecule has 0 fully saturated rings. The molecule has 2 rings (SSSR count). The molecule has 1 heterocycles. The molecule has 0 radical (unpaired) electrons. The quantitative estimate of drug-likeness (QED) is 0.779. The first-order chi connectivity index (χ1) is 10.8. The van der Waals surface area contributed by atoms with Crippen molar-refractivity contribution in [2.75, 3.05) is 38.4 Å². The Hall–Kier alpha value is -1.86. The van der Waals surface area contributed by atoms with Crippen molar-refractivity contribution in [3.63, 3.8) is 0 Å². The fourth-order valence-electron chi connectivity index (χ4n) is 2.18. The summed E-state index contributed by atoms with van der Waals surface area (Å²) in [6, 6.07) is 2.91. The predicted octanol–water partition coefficient (Wildman–Crippen LogP) is 2.28. The molecule has 0 saturated heterocycles. The molecule has 5 nitrogen and oxygen atoms in total. The van der Waals surface area contributed by atoms with Crippen LogP contribution in [0.2, 0.25) is 0 Å². The van der Waals surface area contributed by atoms with Gasteiger partial charge in [0.25, 0.3) is 0 Å². The van der Waals surface area contributed by atoms with Crippen LogP contribution in [0.4, 0.5) is 14.5 Å². The molecule has 128 valence electrons. The summed E-state index contributed by atoms with van der Waals surface area (Å²) >= 11 is 0. The van der Waals surface area contributed by atoms with E-state index in [1.165, 1.54) is 19.2 Å². The van der Waals surface area contributed by atoms with E-state index in [9.17, 15) is 8.78 Å². The Balaban J connectivity index is 1.89. The summed E-state index contributed by atoms with van der Waals surface area (Å²) in [5.41, 5.74) is 5.64. The zero-order valence-electron chi connectivity index (χ0n) is 13.7. The Labute approximate surface area is 135 Å². The van der Waals surface area contributed by atoms with E-state index < -0.39 is 11.6 Å². The van der Waals surface area contributed by atoms with Crippen LogP contribution in [0, 0.1) is 11.6 Å². The van der Waals surface area contributed by atoms with Gasteiger partial charge in [0, 0.05) is 24.5 Å². The second-order valence-corrected chi connectivity index (χ2v) is 6.18. The summed E-state index contributed by atoms with van der Waals surface area (Å²) in [7, 11) is 1.30. The van der Waals surface area contributed by atoms with Gasteiger partial charge < -0.3 is 25.0 Å². The van der Waals surface area contributed by atoms with Gasteiger partial charge in [0.2, 0.25) is 5.82 Å². The zero-order chi connectivity index (χ0) is 17.0. The van der Waals surface area contributed by atoms with E-state index in [1.807, 2.05) is 24.9 Å². The summed E-state index contributed by atoms with van der Waals surface area (Å²) < 4.78 is 38.1. The number of hydrogen-bond donors (Lipinski definition) is 1. The monoisotopic (exact) mass is 327 g/mol. The largest absolute Gasteiger partial charge is 0.494 e. The van der Waals surface area contributed by atoms with Gasteiger partial charge in [0.15, 0.2) is 11.6 Å². The molecule has 0 spiro atoms. The van der Waals surface area contributed by atoms with Crippen LogP contribution in [0.15, 0.2) is 24.5 Å². The third-order valence-corrected chi connectivity index (χ3v) is 3.34. The van der Waals surface area contributed by atoms with E-state index in [0.29, 0.717) is 26.4 Å². The first-order valence-electron chi connectivity index (χ1n) is 7.39. The number of rotatable bonds is 7. The molecule has 1 aliphatic rings. The molecule has 0 aromatic heterocycles. The number of benzene rings is 1. The molecule has 0 amide bonds. The second-order valence-electron chi connectivity index (χ2n) is 6.18. The van der Waals surface area contributed by atoms with Gasteiger partial charge in [-0.1, -0.05) is 0 Å². The van der Waals surface area contributed by atoms with Crippen molar-refractivity contribution in [2.24, 2.45) is 5.73 Å². The van der Waals surface area contributed by atoms with Crippen molar-refractivity contribution in [3.8, 4) is 5.75 Å². The van der Waals surface area contributed by atoms with Gasteiger partial charge in [-0.15, -0.1) is 0 Å². The minimum atomic E-state index is -0.981. The number of ether oxygens (including phenoxy) is 2. The van der Waals surface area contributed by atoms with Crippen LogP contribution in [0.3, 0.4) is 0 Å². The molecule has 0 aliphatic carbocycles. The fraction of sp³-hybridized carbons (Fsp3) is 0.500. The van der Waals surface area contributed by atoms with Gasteiger partial charge in [0.1, 0.15) is 0 Å².